The van der Waals surface area contributed by atoms with Crippen LogP contribution in [0.4, 0.5) is 0 Å². The SMILES string of the molecule is CCC1(OC)OC(=O)C(O)=C1C. The average Bonchev–Trinajstić information content (AvgIpc) is 2.30. The van der Waals surface area contributed by atoms with E-state index in [-0.39, 0.29) is 5.76 Å². The second kappa shape index (κ2) is 2.79. The molecule has 0 radical (unpaired) electrons. The Bertz CT molecular complexity index is 237. The Morgan fingerprint density at radius 3 is 2.42 bits per heavy atom. The molecule has 0 saturated carbocycles. The first-order chi connectivity index (χ1) is 5.57. The molecule has 1 N–H and O–H groups in total. The fourth-order valence-electron chi connectivity index (χ4n) is 1.28. The van der Waals surface area contributed by atoms with Gasteiger partial charge in [-0.05, 0) is 6.92 Å². The molecule has 0 saturated heterocycles. The first-order valence-corrected chi connectivity index (χ1v) is 3.76. The minimum atomic E-state index is -1.04. The highest BCUT2D eigenvalue weighted by molar-refractivity contribution is 5.90. The third-order valence-electron chi connectivity index (χ3n) is 2.17. The van der Waals surface area contributed by atoms with E-state index in [1.54, 1.807) is 6.92 Å². The van der Waals surface area contributed by atoms with Crippen LogP contribution in [0, 0.1) is 0 Å². The predicted octanol–water partition coefficient (Wildman–Crippen LogP) is 1.13. The number of methoxy groups -OCH3 is 1. The molecule has 0 fully saturated rings. The molecule has 0 aliphatic carbocycles. The van der Waals surface area contributed by atoms with Gasteiger partial charge in [0.1, 0.15) is 0 Å². The molecule has 4 heteroatoms. The van der Waals surface area contributed by atoms with Gasteiger partial charge in [0.2, 0.25) is 11.5 Å². The van der Waals surface area contributed by atoms with Gasteiger partial charge in [0.15, 0.2) is 0 Å². The van der Waals surface area contributed by atoms with Crippen molar-refractivity contribution in [2.45, 2.75) is 26.1 Å². The van der Waals surface area contributed by atoms with E-state index < -0.39 is 11.8 Å². The lowest BCUT2D eigenvalue weighted by Gasteiger charge is -2.25. The fraction of sp³-hybridized carbons (Fsp3) is 0.625. The van der Waals surface area contributed by atoms with Crippen molar-refractivity contribution in [2.24, 2.45) is 0 Å². The highest BCUT2D eigenvalue weighted by Gasteiger charge is 2.44. The van der Waals surface area contributed by atoms with Crippen LogP contribution < -0.4 is 0 Å². The van der Waals surface area contributed by atoms with E-state index in [2.05, 4.69) is 0 Å². The summed E-state index contributed by atoms with van der Waals surface area (Å²) in [6.07, 6.45) is 0.491. The van der Waals surface area contributed by atoms with Crippen LogP contribution in [-0.4, -0.2) is 24.0 Å². The zero-order valence-electron chi connectivity index (χ0n) is 7.38. The van der Waals surface area contributed by atoms with Crippen molar-refractivity contribution in [3.05, 3.63) is 11.3 Å². The van der Waals surface area contributed by atoms with E-state index >= 15 is 0 Å². The van der Waals surface area contributed by atoms with Gasteiger partial charge in [-0.2, -0.15) is 0 Å². The van der Waals surface area contributed by atoms with Gasteiger partial charge in [0.25, 0.3) is 0 Å². The number of hydrogen-bond acceptors (Lipinski definition) is 4. The van der Waals surface area contributed by atoms with Crippen molar-refractivity contribution in [2.75, 3.05) is 7.11 Å². The van der Waals surface area contributed by atoms with E-state index in [1.807, 2.05) is 6.92 Å². The van der Waals surface area contributed by atoms with Crippen LogP contribution in [0.3, 0.4) is 0 Å². The molecule has 0 spiro atoms. The van der Waals surface area contributed by atoms with Crippen LogP contribution in [0.5, 0.6) is 0 Å². The van der Waals surface area contributed by atoms with E-state index in [0.717, 1.165) is 0 Å². The maximum absolute atomic E-state index is 10.9. The second-order valence-electron chi connectivity index (χ2n) is 2.67. The molecule has 1 rings (SSSR count). The van der Waals surface area contributed by atoms with Gasteiger partial charge >= 0.3 is 5.97 Å². The summed E-state index contributed by atoms with van der Waals surface area (Å²) in [6, 6.07) is 0. The Balaban J connectivity index is 3.05. The molecule has 0 aromatic carbocycles. The van der Waals surface area contributed by atoms with Gasteiger partial charge in [-0.3, -0.25) is 0 Å². The summed E-state index contributed by atoms with van der Waals surface area (Å²) in [6.45, 7) is 3.44. The van der Waals surface area contributed by atoms with Crippen molar-refractivity contribution in [3.63, 3.8) is 0 Å². The fourth-order valence-corrected chi connectivity index (χ4v) is 1.28. The summed E-state index contributed by atoms with van der Waals surface area (Å²) in [5.74, 6) is -2.09. The summed E-state index contributed by atoms with van der Waals surface area (Å²) in [4.78, 5) is 10.9. The van der Waals surface area contributed by atoms with Gasteiger partial charge in [-0.15, -0.1) is 0 Å². The monoisotopic (exact) mass is 172 g/mol. The molecule has 4 nitrogen and oxygen atoms in total. The third kappa shape index (κ3) is 0.992. The van der Waals surface area contributed by atoms with Gasteiger partial charge in [0, 0.05) is 19.1 Å². The number of rotatable bonds is 2. The first-order valence-electron chi connectivity index (χ1n) is 3.76. The van der Waals surface area contributed by atoms with E-state index in [9.17, 15) is 9.90 Å². The van der Waals surface area contributed by atoms with Crippen molar-refractivity contribution >= 4 is 5.97 Å². The lowest BCUT2D eigenvalue weighted by Crippen LogP contribution is -2.32. The minimum Gasteiger partial charge on any atom is -0.502 e. The molecule has 0 bridgehead atoms. The second-order valence-corrected chi connectivity index (χ2v) is 2.67. The highest BCUT2D eigenvalue weighted by Crippen LogP contribution is 2.34. The molecule has 1 atom stereocenters. The summed E-state index contributed by atoms with van der Waals surface area (Å²) >= 11 is 0. The first kappa shape index (κ1) is 9.06. The number of aliphatic hydroxyl groups is 1. The summed E-state index contributed by atoms with van der Waals surface area (Å²) in [5.41, 5.74) is 0.442. The maximum Gasteiger partial charge on any atom is 0.376 e. The molecule has 1 aliphatic rings. The molecule has 0 aromatic heterocycles. The van der Waals surface area contributed by atoms with Crippen LogP contribution in [0.1, 0.15) is 20.3 Å². The highest BCUT2D eigenvalue weighted by atomic mass is 16.7. The maximum atomic E-state index is 10.9. The predicted molar refractivity (Wildman–Crippen MR) is 41.5 cm³/mol. The number of esters is 1. The Morgan fingerprint density at radius 1 is 1.67 bits per heavy atom. The van der Waals surface area contributed by atoms with E-state index in [0.29, 0.717) is 12.0 Å². The van der Waals surface area contributed by atoms with Gasteiger partial charge in [-0.1, -0.05) is 6.92 Å². The molecule has 1 heterocycles. The zero-order valence-corrected chi connectivity index (χ0v) is 7.38. The zero-order chi connectivity index (χ0) is 9.35. The summed E-state index contributed by atoms with van der Waals surface area (Å²) < 4.78 is 9.93. The Morgan fingerprint density at radius 2 is 2.25 bits per heavy atom. The lowest BCUT2D eigenvalue weighted by molar-refractivity contribution is -0.193. The van der Waals surface area contributed by atoms with Gasteiger partial charge in [-0.25, -0.2) is 4.79 Å². The van der Waals surface area contributed by atoms with Crippen molar-refractivity contribution < 1.29 is 19.4 Å². The van der Waals surface area contributed by atoms with Crippen LogP contribution in [0.25, 0.3) is 0 Å². The molecule has 1 unspecified atom stereocenters. The number of carbonyl (C=O) groups is 1. The topological polar surface area (TPSA) is 55.8 Å². The van der Waals surface area contributed by atoms with Crippen molar-refractivity contribution in [1.82, 2.24) is 0 Å². The number of cyclic esters (lactones) is 1. The van der Waals surface area contributed by atoms with E-state index in [4.69, 9.17) is 9.47 Å². The molecule has 0 aromatic rings. The normalized spacial score (nSPS) is 29.4. The van der Waals surface area contributed by atoms with E-state index in [1.165, 1.54) is 7.11 Å². The smallest absolute Gasteiger partial charge is 0.376 e. The molecule has 0 amide bonds. The van der Waals surface area contributed by atoms with Crippen molar-refractivity contribution in [3.8, 4) is 0 Å². The van der Waals surface area contributed by atoms with Gasteiger partial charge in [0.05, 0.1) is 0 Å². The third-order valence-corrected chi connectivity index (χ3v) is 2.17. The standard InChI is InChI=1S/C8H12O4/c1-4-8(11-3)5(2)6(9)7(10)12-8/h9H,4H2,1-3H3. The Labute approximate surface area is 70.8 Å². The molecule has 12 heavy (non-hydrogen) atoms. The van der Waals surface area contributed by atoms with Crippen LogP contribution in [0.15, 0.2) is 11.3 Å². The number of aliphatic hydroxyl groups excluding tert-OH is 1. The minimum absolute atomic E-state index is 0.335. The van der Waals surface area contributed by atoms with Crippen molar-refractivity contribution in [1.29, 1.82) is 0 Å². The summed E-state index contributed by atoms with van der Waals surface area (Å²) in [5, 5.41) is 9.19. The number of ether oxygens (including phenoxy) is 2. The number of hydrogen-bond donors (Lipinski definition) is 1. The van der Waals surface area contributed by atoms with Crippen LogP contribution in [0.2, 0.25) is 0 Å². The Hall–Kier alpha value is -1.03. The van der Waals surface area contributed by atoms with Gasteiger partial charge < -0.3 is 14.6 Å². The Kier molecular flexibility index (Phi) is 2.10. The van der Waals surface area contributed by atoms with Crippen LogP contribution in [-0.2, 0) is 14.3 Å². The summed E-state index contributed by atoms with van der Waals surface area (Å²) in [7, 11) is 1.44. The number of carbonyl (C=O) groups excluding carboxylic acids is 1. The molecule has 68 valence electrons. The van der Waals surface area contributed by atoms with Crippen LogP contribution >= 0.6 is 0 Å². The largest absolute Gasteiger partial charge is 0.502 e. The quantitative estimate of drug-likeness (QED) is 0.634. The molecule has 1 aliphatic heterocycles. The molecular formula is C8H12O4. The molecular weight excluding hydrogens is 160 g/mol. The lowest BCUT2D eigenvalue weighted by atomic mass is 10.1. The average molecular weight is 172 g/mol.